The minimum absolute atomic E-state index is 0.0159. The highest BCUT2D eigenvalue weighted by molar-refractivity contribution is 7.91. The SMILES string of the molecule is CCS(=O)(=O)c1ccc(C(=O)N(CCCn2ccnc2)c2nc3c(F)cccc3s2)cc1. The van der Waals surface area contributed by atoms with Crippen molar-refractivity contribution in [2.45, 2.75) is 24.8 Å². The molecule has 4 aromatic rings. The molecule has 32 heavy (non-hydrogen) atoms. The van der Waals surface area contributed by atoms with Gasteiger partial charge in [0.25, 0.3) is 5.91 Å². The summed E-state index contributed by atoms with van der Waals surface area (Å²) < 4.78 is 40.9. The zero-order valence-corrected chi connectivity index (χ0v) is 18.9. The molecule has 0 aliphatic rings. The van der Waals surface area contributed by atoms with Crippen molar-refractivity contribution in [1.82, 2.24) is 14.5 Å². The Bertz CT molecular complexity index is 1330. The number of thiazole rings is 1. The molecule has 0 atom stereocenters. The molecule has 0 aliphatic heterocycles. The number of para-hydroxylation sites is 1. The number of imidazole rings is 1. The molecule has 2 heterocycles. The van der Waals surface area contributed by atoms with Crippen LogP contribution in [0.3, 0.4) is 0 Å². The predicted octanol–water partition coefficient (Wildman–Crippen LogP) is 4.16. The number of anilines is 1. The number of benzene rings is 2. The molecule has 10 heteroatoms. The van der Waals surface area contributed by atoms with Gasteiger partial charge in [-0.05, 0) is 42.8 Å². The lowest BCUT2D eigenvalue weighted by Crippen LogP contribution is -2.32. The van der Waals surface area contributed by atoms with Crippen LogP contribution in [0.1, 0.15) is 23.7 Å². The number of carbonyl (C=O) groups excluding carboxylic acids is 1. The lowest BCUT2D eigenvalue weighted by molar-refractivity contribution is 0.0986. The van der Waals surface area contributed by atoms with Gasteiger partial charge in [0.15, 0.2) is 15.0 Å². The Balaban J connectivity index is 1.64. The molecule has 0 saturated heterocycles. The monoisotopic (exact) mass is 472 g/mol. The van der Waals surface area contributed by atoms with Gasteiger partial charge in [-0.15, -0.1) is 0 Å². The second-order valence-electron chi connectivity index (χ2n) is 7.12. The molecule has 2 aromatic carbocycles. The van der Waals surface area contributed by atoms with Gasteiger partial charge in [0.05, 0.1) is 21.7 Å². The molecule has 0 saturated carbocycles. The van der Waals surface area contributed by atoms with Crippen molar-refractivity contribution in [2.75, 3.05) is 17.2 Å². The number of carbonyl (C=O) groups is 1. The van der Waals surface area contributed by atoms with Crippen LogP contribution in [0.15, 0.2) is 66.1 Å². The maximum atomic E-state index is 14.2. The first-order valence-corrected chi connectivity index (χ1v) is 12.5. The number of sulfone groups is 1. The standard InChI is InChI=1S/C22H21FN4O3S2/c1-2-32(29,30)17-9-7-16(8-10-17)21(28)27(13-4-12-26-14-11-24-15-26)22-25-20-18(23)5-3-6-19(20)31-22/h3,5-11,14-15H,2,4,12-13H2,1H3. The summed E-state index contributed by atoms with van der Waals surface area (Å²) in [6, 6.07) is 10.6. The van der Waals surface area contributed by atoms with E-state index in [4.69, 9.17) is 0 Å². The van der Waals surface area contributed by atoms with Crippen LogP contribution in [0.4, 0.5) is 9.52 Å². The number of nitrogens with zero attached hydrogens (tertiary/aromatic N) is 4. The number of hydrogen-bond donors (Lipinski definition) is 0. The van der Waals surface area contributed by atoms with Gasteiger partial charge >= 0.3 is 0 Å². The summed E-state index contributed by atoms with van der Waals surface area (Å²) in [6.07, 6.45) is 5.85. The molecule has 2 aromatic heterocycles. The second-order valence-corrected chi connectivity index (χ2v) is 10.4. The Labute approximate surface area is 189 Å². The maximum Gasteiger partial charge on any atom is 0.260 e. The molecule has 0 radical (unpaired) electrons. The molecule has 166 valence electrons. The first kappa shape index (κ1) is 22.1. The van der Waals surface area contributed by atoms with E-state index in [1.54, 1.807) is 31.6 Å². The number of rotatable bonds is 8. The number of aromatic nitrogens is 3. The van der Waals surface area contributed by atoms with Crippen LogP contribution in [0, 0.1) is 5.82 Å². The highest BCUT2D eigenvalue weighted by Gasteiger charge is 2.22. The van der Waals surface area contributed by atoms with Gasteiger partial charge in [-0.1, -0.05) is 24.3 Å². The van der Waals surface area contributed by atoms with E-state index in [1.165, 1.54) is 46.6 Å². The van der Waals surface area contributed by atoms with Gasteiger partial charge in [0.2, 0.25) is 0 Å². The van der Waals surface area contributed by atoms with Crippen LogP contribution in [0.5, 0.6) is 0 Å². The van der Waals surface area contributed by atoms with Crippen molar-refractivity contribution >= 4 is 42.4 Å². The highest BCUT2D eigenvalue weighted by Crippen LogP contribution is 2.31. The van der Waals surface area contributed by atoms with Crippen LogP contribution in [-0.4, -0.2) is 41.2 Å². The summed E-state index contributed by atoms with van der Waals surface area (Å²) >= 11 is 1.24. The smallest absolute Gasteiger partial charge is 0.260 e. The molecule has 0 N–H and O–H groups in total. The van der Waals surface area contributed by atoms with E-state index in [0.29, 0.717) is 34.9 Å². The van der Waals surface area contributed by atoms with Crippen LogP contribution >= 0.6 is 11.3 Å². The fourth-order valence-corrected chi connectivity index (χ4v) is 5.15. The van der Waals surface area contributed by atoms with Crippen LogP contribution in [-0.2, 0) is 16.4 Å². The number of fused-ring (bicyclic) bond motifs is 1. The van der Waals surface area contributed by atoms with Crippen molar-refractivity contribution in [1.29, 1.82) is 0 Å². The van der Waals surface area contributed by atoms with E-state index < -0.39 is 15.7 Å². The van der Waals surface area contributed by atoms with Crippen molar-refractivity contribution in [3.05, 3.63) is 72.6 Å². The van der Waals surface area contributed by atoms with E-state index in [0.717, 1.165) is 0 Å². The zero-order valence-electron chi connectivity index (χ0n) is 17.3. The molecule has 7 nitrogen and oxygen atoms in total. The van der Waals surface area contributed by atoms with Gasteiger partial charge in [-0.2, -0.15) is 0 Å². The number of hydrogen-bond acceptors (Lipinski definition) is 6. The van der Waals surface area contributed by atoms with Gasteiger partial charge in [0, 0.05) is 31.0 Å². The van der Waals surface area contributed by atoms with Gasteiger partial charge < -0.3 is 4.57 Å². The van der Waals surface area contributed by atoms with E-state index in [-0.39, 0.29) is 22.1 Å². The number of aryl methyl sites for hydroxylation is 1. The molecule has 0 unspecified atom stereocenters. The van der Waals surface area contributed by atoms with Crippen molar-refractivity contribution in [3.8, 4) is 0 Å². The average molecular weight is 473 g/mol. The Hall–Kier alpha value is -3.11. The van der Waals surface area contributed by atoms with Crippen molar-refractivity contribution < 1.29 is 17.6 Å². The number of halogens is 1. The van der Waals surface area contributed by atoms with Crippen LogP contribution in [0.25, 0.3) is 10.2 Å². The second kappa shape index (κ2) is 9.17. The molecule has 0 fully saturated rings. The maximum absolute atomic E-state index is 14.2. The first-order chi connectivity index (χ1) is 15.4. The summed E-state index contributed by atoms with van der Waals surface area (Å²) in [7, 11) is -3.36. The first-order valence-electron chi connectivity index (χ1n) is 10.0. The molecular weight excluding hydrogens is 451 g/mol. The van der Waals surface area contributed by atoms with Gasteiger partial charge in [0.1, 0.15) is 11.3 Å². The van der Waals surface area contributed by atoms with Gasteiger partial charge in [-0.3, -0.25) is 9.69 Å². The fourth-order valence-electron chi connectivity index (χ4n) is 3.26. The molecule has 1 amide bonds. The average Bonchev–Trinajstić information content (AvgIpc) is 3.47. The Morgan fingerprint density at radius 3 is 2.62 bits per heavy atom. The summed E-state index contributed by atoms with van der Waals surface area (Å²) in [4.78, 5) is 23.4. The van der Waals surface area contributed by atoms with E-state index in [9.17, 15) is 17.6 Å². The number of amides is 1. The van der Waals surface area contributed by atoms with Gasteiger partial charge in [-0.25, -0.2) is 22.8 Å². The lowest BCUT2D eigenvalue weighted by Gasteiger charge is -2.20. The Kier molecular flexibility index (Phi) is 6.33. The van der Waals surface area contributed by atoms with Crippen LogP contribution < -0.4 is 4.90 Å². The lowest BCUT2D eigenvalue weighted by atomic mass is 10.2. The normalized spacial score (nSPS) is 11.7. The Morgan fingerprint density at radius 2 is 1.97 bits per heavy atom. The van der Waals surface area contributed by atoms with E-state index >= 15 is 0 Å². The van der Waals surface area contributed by atoms with Crippen molar-refractivity contribution in [2.24, 2.45) is 0 Å². The minimum atomic E-state index is -3.36. The molecule has 0 spiro atoms. The molecule has 0 aliphatic carbocycles. The summed E-state index contributed by atoms with van der Waals surface area (Å²) in [5.41, 5.74) is 0.562. The third-order valence-corrected chi connectivity index (χ3v) is 7.83. The zero-order chi connectivity index (χ0) is 22.7. The third kappa shape index (κ3) is 4.56. The predicted molar refractivity (Wildman–Crippen MR) is 122 cm³/mol. The largest absolute Gasteiger partial charge is 0.337 e. The topological polar surface area (TPSA) is 85.2 Å². The third-order valence-electron chi connectivity index (χ3n) is 5.03. The van der Waals surface area contributed by atoms with E-state index in [1.807, 2.05) is 10.8 Å². The minimum Gasteiger partial charge on any atom is -0.337 e. The summed E-state index contributed by atoms with van der Waals surface area (Å²) in [6.45, 7) is 2.58. The highest BCUT2D eigenvalue weighted by atomic mass is 32.2. The molecule has 4 rings (SSSR count). The van der Waals surface area contributed by atoms with Crippen LogP contribution in [0.2, 0.25) is 0 Å². The van der Waals surface area contributed by atoms with Crippen molar-refractivity contribution in [3.63, 3.8) is 0 Å². The Morgan fingerprint density at radius 1 is 1.19 bits per heavy atom. The fraction of sp³-hybridized carbons (Fsp3) is 0.227. The summed E-state index contributed by atoms with van der Waals surface area (Å²) in [5, 5.41) is 0.394. The summed E-state index contributed by atoms with van der Waals surface area (Å²) in [5.74, 6) is -0.779. The van der Waals surface area contributed by atoms with E-state index in [2.05, 4.69) is 9.97 Å². The quantitative estimate of drug-likeness (QED) is 0.384. The molecular formula is C22H21FN4O3S2. The molecule has 0 bridgehead atoms.